The fraction of sp³-hybridized carbons (Fsp3) is 0. The molecule has 0 nitrogen and oxygen atoms in total. The van der Waals surface area contributed by atoms with Crippen LogP contribution in [0.1, 0.15) is 41.1 Å². The van der Waals surface area contributed by atoms with Gasteiger partial charge in [0.25, 0.3) is 0 Å². The van der Waals surface area contributed by atoms with Crippen LogP contribution in [-0.4, -0.2) is 0 Å². The Labute approximate surface area is 321 Å². The van der Waals surface area contributed by atoms with Crippen molar-refractivity contribution < 1.29 is 41.1 Å². The molecule has 0 spiro atoms. The molecule has 0 saturated carbocycles. The summed E-state index contributed by atoms with van der Waals surface area (Å²) in [5.74, 6) is 0. The topological polar surface area (TPSA) is 0 Å². The van der Waals surface area contributed by atoms with Crippen molar-refractivity contribution in [2.45, 2.75) is 0 Å². The summed E-state index contributed by atoms with van der Waals surface area (Å²) in [7, 11) is 0. The summed E-state index contributed by atoms with van der Waals surface area (Å²) < 4.78 is 273. The maximum Gasteiger partial charge on any atom is 0.0636 e. The first kappa shape index (κ1) is 10.6. The van der Waals surface area contributed by atoms with Crippen molar-refractivity contribution in [1.29, 1.82) is 0 Å². The highest BCUT2D eigenvalue weighted by atomic mass is 14.2. The molecule has 0 aromatic heterocycles. The minimum Gasteiger partial charge on any atom is -0.0616 e. The van der Waals surface area contributed by atoms with Gasteiger partial charge in [-0.3, -0.25) is 0 Å². The summed E-state index contributed by atoms with van der Waals surface area (Å²) in [6, 6.07) is -29.2. The maximum atomic E-state index is 10.3. The Morgan fingerprint density at radius 2 is 0.708 bits per heavy atom. The molecule has 0 saturated heterocycles. The van der Waals surface area contributed by atoms with Crippen LogP contribution in [0.4, 0.5) is 0 Å². The molecule has 0 aliphatic rings. The number of hydrogen-bond acceptors (Lipinski definition) is 0. The Balaban J connectivity index is 1.61. The highest BCUT2D eigenvalue weighted by Gasteiger charge is 2.19. The van der Waals surface area contributed by atoms with Crippen LogP contribution in [0.25, 0.3) is 98.0 Å². The van der Waals surface area contributed by atoms with E-state index in [0.717, 1.165) is 0 Å². The monoisotopic (exact) mass is 636 g/mol. The molecule has 0 N–H and O–H groups in total. The molecule has 0 atom stereocenters. The first-order valence-electron chi connectivity index (χ1n) is 29.2. The molecule has 0 aliphatic carbocycles. The van der Waals surface area contributed by atoms with Crippen LogP contribution in [-0.2, 0) is 0 Å². The first-order chi connectivity index (χ1) is 36.3. The largest absolute Gasteiger partial charge is 0.0636 e. The van der Waals surface area contributed by atoms with Crippen molar-refractivity contribution in [2.24, 2.45) is 0 Å². The van der Waals surface area contributed by atoms with Crippen molar-refractivity contribution >= 4 is 64.6 Å². The fourth-order valence-electron chi connectivity index (χ4n) is 5.78. The second-order valence-electron chi connectivity index (χ2n) is 10.5. The van der Waals surface area contributed by atoms with Gasteiger partial charge in [0, 0.05) is 0 Å². The molecular formula is C48H30. The van der Waals surface area contributed by atoms with Gasteiger partial charge >= 0.3 is 0 Å². The average Bonchev–Trinajstić information content (AvgIpc) is 3.40. The van der Waals surface area contributed by atoms with Crippen LogP contribution in [0.2, 0.25) is 0 Å². The SMILES string of the molecule is [2H]c1c([2H])c([2H])c2c([2H])c(-c3c4c([2H])c([2H])c([2H])c([2H])c4c(-c4c([2H])c([2H])c5c(c4[2H])c([2H])c([2H])c4c([2H])c([2H])c([2H])c([2H])c45)c4c([2H])c(-c5c([2H])c([2H])c([2H])c6c([2H])c([2H])c([2H])c([2H])c56)c([2H])c([2H])c34)c([2H])c([2H])c2c1[2H]. The lowest BCUT2D eigenvalue weighted by atomic mass is 9.83. The van der Waals surface area contributed by atoms with Crippen molar-refractivity contribution in [3.63, 3.8) is 0 Å². The summed E-state index contributed by atoms with van der Waals surface area (Å²) in [5, 5.41) is -8.63. The van der Waals surface area contributed by atoms with Gasteiger partial charge in [-0.05, 0) is 116 Å². The summed E-state index contributed by atoms with van der Waals surface area (Å²) in [4.78, 5) is 0. The molecule has 0 aliphatic heterocycles. The van der Waals surface area contributed by atoms with Crippen LogP contribution < -0.4 is 0 Å². The van der Waals surface area contributed by atoms with E-state index in [2.05, 4.69) is 0 Å². The Morgan fingerprint density at radius 1 is 0.250 bits per heavy atom. The zero-order chi connectivity index (χ0) is 57.7. The molecular weight excluding hydrogens is 577 g/mol. The Kier molecular flexibility index (Phi) is 2.36. The standard InChI is InChI=1S/C48H30/c1-2-13-34-28-37(23-20-31(34)10-1)47-43-17-7-8-18-44(43)48(38-25-26-42-35(29-38)22-21-33-12-4-6-16-40(33)42)46-30-36(24-27-45(46)47)41-19-9-14-32-11-3-5-15-39(32)41/h1-30H/i1D,2D,3D,4D,5D,6D,7D,8D,9D,10D,11D,12D,13D,14D,15D,16D,17D,18D,19D,20D,21D,22D,23D,24D,25D,26D,27D,28D,29D,30D. The lowest BCUT2D eigenvalue weighted by Crippen LogP contribution is -1.92. The van der Waals surface area contributed by atoms with Gasteiger partial charge in [-0.25, -0.2) is 0 Å². The molecule has 0 heterocycles. The second-order valence-corrected chi connectivity index (χ2v) is 10.5. The van der Waals surface area contributed by atoms with E-state index < -0.39 is 279 Å². The lowest BCUT2D eigenvalue weighted by Gasteiger charge is -2.19. The van der Waals surface area contributed by atoms with E-state index in [1.54, 1.807) is 0 Å². The van der Waals surface area contributed by atoms with Gasteiger partial charge in [0.05, 0.1) is 41.1 Å². The van der Waals surface area contributed by atoms with Crippen LogP contribution in [0.5, 0.6) is 0 Å². The molecule has 10 aromatic rings. The third-order valence-electron chi connectivity index (χ3n) is 7.88. The van der Waals surface area contributed by atoms with E-state index in [9.17, 15) is 17.8 Å². The second kappa shape index (κ2) is 10.7. The molecule has 0 bridgehead atoms. The summed E-state index contributed by atoms with van der Waals surface area (Å²) >= 11 is 0. The number of fused-ring (bicyclic) bond motifs is 7. The lowest BCUT2D eigenvalue weighted by molar-refractivity contribution is 1.66. The first-order valence-corrected chi connectivity index (χ1v) is 14.2. The van der Waals surface area contributed by atoms with Crippen LogP contribution in [0, 0.1) is 0 Å². The highest BCUT2D eigenvalue weighted by Crippen LogP contribution is 2.46. The number of rotatable bonds is 3. The third kappa shape index (κ3) is 4.16. The van der Waals surface area contributed by atoms with Crippen molar-refractivity contribution in [3.05, 3.63) is 181 Å². The van der Waals surface area contributed by atoms with E-state index in [0.29, 0.717) is 0 Å². The summed E-state index contributed by atoms with van der Waals surface area (Å²) in [5.41, 5.74) is -5.24. The molecule has 10 aromatic carbocycles. The van der Waals surface area contributed by atoms with Crippen LogP contribution in [0.3, 0.4) is 0 Å². The molecule has 0 unspecified atom stereocenters. The number of benzene rings is 10. The van der Waals surface area contributed by atoms with Gasteiger partial charge in [0.1, 0.15) is 0 Å². The fourth-order valence-corrected chi connectivity index (χ4v) is 5.78. The highest BCUT2D eigenvalue weighted by molar-refractivity contribution is 6.23. The molecule has 0 amide bonds. The molecule has 0 heteroatoms. The predicted octanol–water partition coefficient (Wildman–Crippen LogP) is 13.6. The van der Waals surface area contributed by atoms with Gasteiger partial charge in [0.15, 0.2) is 0 Å². The molecule has 48 heavy (non-hydrogen) atoms. The van der Waals surface area contributed by atoms with Gasteiger partial charge in [-0.15, -0.1) is 0 Å². The third-order valence-corrected chi connectivity index (χ3v) is 7.88. The molecule has 10 rings (SSSR count). The number of hydrogen-bond donors (Lipinski definition) is 0. The minimum atomic E-state index is -1.15. The van der Waals surface area contributed by atoms with E-state index >= 15 is 0 Å². The van der Waals surface area contributed by atoms with Crippen LogP contribution in [0.15, 0.2) is 181 Å². The van der Waals surface area contributed by atoms with E-state index in [4.69, 9.17) is 23.3 Å². The van der Waals surface area contributed by atoms with Crippen molar-refractivity contribution in [2.75, 3.05) is 0 Å². The van der Waals surface area contributed by atoms with Crippen molar-refractivity contribution in [1.82, 2.24) is 0 Å². The minimum absolute atomic E-state index is 0.562. The smallest absolute Gasteiger partial charge is 0.0616 e. The summed E-state index contributed by atoms with van der Waals surface area (Å²) in [6.07, 6.45) is 0. The van der Waals surface area contributed by atoms with Gasteiger partial charge in [-0.2, -0.15) is 0 Å². The van der Waals surface area contributed by atoms with E-state index in [1.165, 1.54) is 0 Å². The van der Waals surface area contributed by atoms with Gasteiger partial charge in [0.2, 0.25) is 0 Å². The van der Waals surface area contributed by atoms with Gasteiger partial charge in [-0.1, -0.05) is 163 Å². The summed E-state index contributed by atoms with van der Waals surface area (Å²) in [6.45, 7) is 0. The van der Waals surface area contributed by atoms with Gasteiger partial charge < -0.3 is 0 Å². The van der Waals surface area contributed by atoms with Crippen molar-refractivity contribution in [3.8, 4) is 33.4 Å². The Bertz CT molecular complexity index is 4590. The normalized spacial score (nSPS) is 20.5. The molecule has 222 valence electrons. The molecule has 0 fully saturated rings. The predicted molar refractivity (Wildman–Crippen MR) is 208 cm³/mol. The molecule has 0 radical (unpaired) electrons. The van der Waals surface area contributed by atoms with E-state index in [-0.39, 0.29) is 0 Å². The Morgan fingerprint density at radius 3 is 1.50 bits per heavy atom. The van der Waals surface area contributed by atoms with Crippen LogP contribution >= 0.6 is 0 Å². The zero-order valence-electron chi connectivity index (χ0n) is 54.0. The average molecular weight is 637 g/mol. The Hall–Kier alpha value is -6.24. The van der Waals surface area contributed by atoms with E-state index in [1.807, 2.05) is 0 Å². The zero-order valence-corrected chi connectivity index (χ0v) is 24.0. The quantitative estimate of drug-likeness (QED) is 0.134. The maximum absolute atomic E-state index is 10.3.